The number of aromatic nitrogens is 2. The molecule has 0 aromatic carbocycles. The van der Waals surface area contributed by atoms with Crippen LogP contribution >= 0.6 is 0 Å². The first kappa shape index (κ1) is 9.65. The van der Waals surface area contributed by atoms with E-state index in [1.54, 1.807) is 13.2 Å². The van der Waals surface area contributed by atoms with Gasteiger partial charge in [-0.05, 0) is 30.2 Å². The van der Waals surface area contributed by atoms with Gasteiger partial charge in [0.1, 0.15) is 5.65 Å². The number of hydrogen-bond acceptors (Lipinski definition) is 2. The standard InChI is InChI=1S/C12H13N3/c1-3-9(8-13-2)10-4-6-14-12-11(10)5-7-15-12/h3-8H,1-2H3,(H,14,15)/b9-3+,13-8?. The molecule has 0 bridgehead atoms. The van der Waals surface area contributed by atoms with Gasteiger partial charge in [0.2, 0.25) is 0 Å². The molecule has 2 aromatic heterocycles. The molecule has 0 spiro atoms. The molecule has 2 heterocycles. The number of aromatic amines is 1. The van der Waals surface area contributed by atoms with Crippen molar-refractivity contribution in [3.8, 4) is 0 Å². The Morgan fingerprint density at radius 2 is 2.33 bits per heavy atom. The molecule has 0 amide bonds. The van der Waals surface area contributed by atoms with Gasteiger partial charge in [0.15, 0.2) is 0 Å². The summed E-state index contributed by atoms with van der Waals surface area (Å²) in [5.74, 6) is 0. The number of nitrogens with one attached hydrogen (secondary N) is 1. The molecule has 0 saturated carbocycles. The van der Waals surface area contributed by atoms with Crippen LogP contribution in [0.3, 0.4) is 0 Å². The van der Waals surface area contributed by atoms with Gasteiger partial charge in [-0.3, -0.25) is 4.99 Å². The molecule has 1 N–H and O–H groups in total. The number of allylic oxidation sites excluding steroid dienone is 2. The highest BCUT2D eigenvalue weighted by molar-refractivity contribution is 6.14. The average Bonchev–Trinajstić information content (AvgIpc) is 2.73. The van der Waals surface area contributed by atoms with Gasteiger partial charge in [-0.25, -0.2) is 4.98 Å². The smallest absolute Gasteiger partial charge is 0.137 e. The highest BCUT2D eigenvalue weighted by Crippen LogP contribution is 2.21. The zero-order valence-electron chi connectivity index (χ0n) is 8.86. The van der Waals surface area contributed by atoms with E-state index in [4.69, 9.17) is 0 Å². The third-order valence-corrected chi connectivity index (χ3v) is 2.35. The molecule has 3 nitrogen and oxygen atoms in total. The summed E-state index contributed by atoms with van der Waals surface area (Å²) in [6, 6.07) is 4.04. The summed E-state index contributed by atoms with van der Waals surface area (Å²) in [7, 11) is 1.78. The van der Waals surface area contributed by atoms with Crippen molar-refractivity contribution in [1.82, 2.24) is 9.97 Å². The van der Waals surface area contributed by atoms with Gasteiger partial charge in [-0.1, -0.05) is 6.08 Å². The predicted molar refractivity (Wildman–Crippen MR) is 64.2 cm³/mol. The lowest BCUT2D eigenvalue weighted by Gasteiger charge is -2.02. The summed E-state index contributed by atoms with van der Waals surface area (Å²) >= 11 is 0. The van der Waals surface area contributed by atoms with Gasteiger partial charge in [-0.15, -0.1) is 0 Å². The number of aliphatic imine (C=N–C) groups is 1. The third-order valence-electron chi connectivity index (χ3n) is 2.35. The molecule has 2 rings (SSSR count). The first-order valence-corrected chi connectivity index (χ1v) is 4.87. The van der Waals surface area contributed by atoms with Crippen LogP contribution in [0.1, 0.15) is 12.5 Å². The van der Waals surface area contributed by atoms with E-state index in [-0.39, 0.29) is 0 Å². The zero-order chi connectivity index (χ0) is 10.7. The maximum absolute atomic E-state index is 4.25. The van der Waals surface area contributed by atoms with E-state index >= 15 is 0 Å². The molecule has 2 aromatic rings. The summed E-state index contributed by atoms with van der Waals surface area (Å²) in [5, 5.41) is 1.13. The summed E-state index contributed by atoms with van der Waals surface area (Å²) in [6.07, 6.45) is 7.62. The molecule has 3 heteroatoms. The van der Waals surface area contributed by atoms with Gasteiger partial charge in [0.25, 0.3) is 0 Å². The maximum atomic E-state index is 4.25. The van der Waals surface area contributed by atoms with Gasteiger partial charge < -0.3 is 4.98 Å². The number of rotatable bonds is 2. The Labute approximate surface area is 88.6 Å². The zero-order valence-corrected chi connectivity index (χ0v) is 8.86. The number of fused-ring (bicyclic) bond motifs is 1. The third kappa shape index (κ3) is 1.68. The van der Waals surface area contributed by atoms with Crippen LogP contribution in [0.4, 0.5) is 0 Å². The van der Waals surface area contributed by atoms with Crippen molar-refractivity contribution in [2.45, 2.75) is 6.92 Å². The monoisotopic (exact) mass is 199 g/mol. The lowest BCUT2D eigenvalue weighted by Crippen LogP contribution is -1.88. The van der Waals surface area contributed by atoms with Crippen LogP contribution in [0.2, 0.25) is 0 Å². The molecule has 0 saturated heterocycles. The summed E-state index contributed by atoms with van der Waals surface area (Å²) in [5.41, 5.74) is 3.19. The highest BCUT2D eigenvalue weighted by atomic mass is 14.8. The van der Waals surface area contributed by atoms with E-state index < -0.39 is 0 Å². The number of pyridine rings is 1. The first-order valence-electron chi connectivity index (χ1n) is 4.87. The minimum atomic E-state index is 0.913. The fourth-order valence-corrected chi connectivity index (χ4v) is 1.65. The number of hydrogen-bond donors (Lipinski definition) is 1. The molecule has 0 fully saturated rings. The van der Waals surface area contributed by atoms with Crippen LogP contribution in [-0.4, -0.2) is 23.2 Å². The minimum absolute atomic E-state index is 0.913. The van der Waals surface area contributed by atoms with E-state index in [2.05, 4.69) is 21.0 Å². The second kappa shape index (κ2) is 4.09. The molecular formula is C12H13N3. The van der Waals surface area contributed by atoms with Gasteiger partial charge in [-0.2, -0.15) is 0 Å². The fraction of sp³-hybridized carbons (Fsp3) is 0.167. The van der Waals surface area contributed by atoms with Crippen LogP contribution in [-0.2, 0) is 0 Å². The Morgan fingerprint density at radius 1 is 1.47 bits per heavy atom. The molecule has 0 aliphatic carbocycles. The average molecular weight is 199 g/mol. The minimum Gasteiger partial charge on any atom is -0.346 e. The van der Waals surface area contributed by atoms with Gasteiger partial charge in [0, 0.05) is 31.0 Å². The second-order valence-electron chi connectivity index (χ2n) is 3.23. The van der Waals surface area contributed by atoms with Crippen molar-refractivity contribution in [3.63, 3.8) is 0 Å². The van der Waals surface area contributed by atoms with Crippen LogP contribution < -0.4 is 0 Å². The van der Waals surface area contributed by atoms with Crippen LogP contribution in [0.5, 0.6) is 0 Å². The van der Waals surface area contributed by atoms with Crippen molar-refractivity contribution in [3.05, 3.63) is 36.2 Å². The van der Waals surface area contributed by atoms with Gasteiger partial charge in [0.05, 0.1) is 0 Å². The van der Waals surface area contributed by atoms with E-state index in [1.807, 2.05) is 31.5 Å². The lowest BCUT2D eigenvalue weighted by atomic mass is 10.1. The Balaban J connectivity index is 2.64. The van der Waals surface area contributed by atoms with E-state index in [0.717, 1.165) is 22.2 Å². The Morgan fingerprint density at radius 3 is 3.07 bits per heavy atom. The molecule has 0 aliphatic heterocycles. The summed E-state index contributed by atoms with van der Waals surface area (Å²) < 4.78 is 0. The van der Waals surface area contributed by atoms with Crippen molar-refractivity contribution < 1.29 is 0 Å². The highest BCUT2D eigenvalue weighted by Gasteiger charge is 2.04. The van der Waals surface area contributed by atoms with Crippen LogP contribution in [0, 0.1) is 0 Å². The van der Waals surface area contributed by atoms with Gasteiger partial charge >= 0.3 is 0 Å². The topological polar surface area (TPSA) is 41.0 Å². The maximum Gasteiger partial charge on any atom is 0.137 e. The molecular weight excluding hydrogens is 186 g/mol. The molecule has 15 heavy (non-hydrogen) atoms. The fourth-order valence-electron chi connectivity index (χ4n) is 1.65. The summed E-state index contributed by atoms with van der Waals surface area (Å²) in [6.45, 7) is 2.01. The normalized spacial score (nSPS) is 12.8. The van der Waals surface area contributed by atoms with Crippen molar-refractivity contribution in [2.24, 2.45) is 4.99 Å². The van der Waals surface area contributed by atoms with Crippen LogP contribution in [0.15, 0.2) is 35.6 Å². The van der Waals surface area contributed by atoms with E-state index in [9.17, 15) is 0 Å². The molecule has 0 aliphatic rings. The number of H-pyrrole nitrogens is 1. The van der Waals surface area contributed by atoms with Crippen molar-refractivity contribution >= 4 is 22.8 Å². The van der Waals surface area contributed by atoms with E-state index in [1.165, 1.54) is 0 Å². The summed E-state index contributed by atoms with van der Waals surface area (Å²) in [4.78, 5) is 11.4. The lowest BCUT2D eigenvalue weighted by molar-refractivity contribution is 1.32. The molecule has 0 atom stereocenters. The molecule has 76 valence electrons. The van der Waals surface area contributed by atoms with Crippen molar-refractivity contribution in [1.29, 1.82) is 0 Å². The molecule has 0 unspecified atom stereocenters. The SMILES string of the molecule is C/C=C(\C=NC)c1ccnc2[nH]ccc12. The number of nitrogens with zero attached hydrogens (tertiary/aromatic N) is 2. The quantitative estimate of drug-likeness (QED) is 0.742. The molecule has 0 radical (unpaired) electrons. The largest absolute Gasteiger partial charge is 0.346 e. The first-order chi connectivity index (χ1) is 7.36. The van der Waals surface area contributed by atoms with E-state index in [0.29, 0.717) is 0 Å². The Hall–Kier alpha value is -1.90. The Bertz CT molecular complexity index is 520. The predicted octanol–water partition coefficient (Wildman–Crippen LogP) is 2.67. The Kier molecular flexibility index (Phi) is 2.63. The van der Waals surface area contributed by atoms with Crippen LogP contribution in [0.25, 0.3) is 16.6 Å². The van der Waals surface area contributed by atoms with Crippen molar-refractivity contribution in [2.75, 3.05) is 7.05 Å². The second-order valence-corrected chi connectivity index (χ2v) is 3.23.